The lowest BCUT2D eigenvalue weighted by molar-refractivity contribution is 0.206. The number of guanidine groups is 1. The molecule has 1 heterocycles. The van der Waals surface area contributed by atoms with Crippen LogP contribution in [0.15, 0.2) is 29.3 Å². The molecular formula is C20H35N5. The van der Waals surface area contributed by atoms with Gasteiger partial charge in [-0.15, -0.1) is 0 Å². The lowest BCUT2D eigenvalue weighted by Gasteiger charge is -2.32. The number of nitrogens with one attached hydrogen (secondary N) is 2. The van der Waals surface area contributed by atoms with Crippen molar-refractivity contribution in [3.63, 3.8) is 0 Å². The molecule has 0 amide bonds. The summed E-state index contributed by atoms with van der Waals surface area (Å²) in [7, 11) is 6.05. The fourth-order valence-corrected chi connectivity index (χ4v) is 3.39. The average molecular weight is 346 g/mol. The maximum absolute atomic E-state index is 4.40. The van der Waals surface area contributed by atoms with Crippen LogP contribution in [0.1, 0.15) is 37.3 Å². The van der Waals surface area contributed by atoms with Crippen molar-refractivity contribution in [1.82, 2.24) is 20.4 Å². The quantitative estimate of drug-likeness (QED) is 0.588. The largest absolute Gasteiger partial charge is 0.354 e. The molecule has 25 heavy (non-hydrogen) atoms. The highest BCUT2D eigenvalue weighted by molar-refractivity contribution is 5.79. The van der Waals surface area contributed by atoms with E-state index in [2.05, 4.69) is 70.7 Å². The molecule has 0 unspecified atom stereocenters. The minimum absolute atomic E-state index is 0.527. The second-order valence-corrected chi connectivity index (χ2v) is 7.24. The molecule has 2 N–H and O–H groups in total. The van der Waals surface area contributed by atoms with E-state index in [0.717, 1.165) is 19.0 Å². The minimum atomic E-state index is 0.527. The van der Waals surface area contributed by atoms with Crippen LogP contribution < -0.4 is 10.6 Å². The summed E-state index contributed by atoms with van der Waals surface area (Å²) in [5.74, 6) is 0.909. The zero-order chi connectivity index (χ0) is 18.1. The average Bonchev–Trinajstić information content (AvgIpc) is 2.60. The van der Waals surface area contributed by atoms with E-state index in [9.17, 15) is 0 Å². The molecule has 0 radical (unpaired) electrons. The van der Waals surface area contributed by atoms with Crippen LogP contribution in [-0.2, 0) is 13.1 Å². The van der Waals surface area contributed by atoms with E-state index in [1.54, 1.807) is 0 Å². The Labute approximate surface area is 153 Å². The molecule has 0 aromatic heterocycles. The number of rotatable bonds is 7. The molecule has 0 atom stereocenters. The summed E-state index contributed by atoms with van der Waals surface area (Å²) in [5, 5.41) is 7.05. The Morgan fingerprint density at radius 2 is 1.96 bits per heavy atom. The number of aliphatic imine (C=N–C) groups is 1. The second-order valence-electron chi connectivity index (χ2n) is 7.24. The molecule has 1 fully saturated rings. The van der Waals surface area contributed by atoms with Crippen LogP contribution in [-0.4, -0.2) is 62.6 Å². The number of benzene rings is 1. The third-order valence-electron chi connectivity index (χ3n) is 4.64. The molecule has 1 aromatic rings. The van der Waals surface area contributed by atoms with Crippen LogP contribution >= 0.6 is 0 Å². The normalized spacial score (nSPS) is 17.1. The van der Waals surface area contributed by atoms with Gasteiger partial charge in [-0.2, -0.15) is 0 Å². The first kappa shape index (κ1) is 19.7. The van der Waals surface area contributed by atoms with Gasteiger partial charge in [0.1, 0.15) is 0 Å². The standard InChI is InChI=1S/C20H35N5/c1-5-11-25-12-9-19(10-13-25)23-20(21-2)22-15-17-7-6-8-18(14-17)16-24(3)4/h6-8,14,19H,5,9-13,15-16H2,1-4H3,(H2,21,22,23). The van der Waals surface area contributed by atoms with Crippen LogP contribution in [0.4, 0.5) is 0 Å². The first-order valence-corrected chi connectivity index (χ1v) is 9.52. The highest BCUT2D eigenvalue weighted by Gasteiger charge is 2.19. The summed E-state index contributed by atoms with van der Waals surface area (Å²) in [4.78, 5) is 9.15. The summed E-state index contributed by atoms with van der Waals surface area (Å²) in [5.41, 5.74) is 2.63. The van der Waals surface area contributed by atoms with Crippen LogP contribution in [0.3, 0.4) is 0 Å². The lowest BCUT2D eigenvalue weighted by atomic mass is 10.1. The van der Waals surface area contributed by atoms with Crippen LogP contribution in [0.25, 0.3) is 0 Å². The SMILES string of the molecule is CCCN1CCC(NC(=NC)NCc2cccc(CN(C)C)c2)CC1. The van der Waals surface area contributed by atoms with Gasteiger partial charge in [-0.1, -0.05) is 31.2 Å². The Morgan fingerprint density at radius 1 is 1.24 bits per heavy atom. The fourth-order valence-electron chi connectivity index (χ4n) is 3.39. The predicted molar refractivity (Wildman–Crippen MR) is 107 cm³/mol. The van der Waals surface area contributed by atoms with E-state index < -0.39 is 0 Å². The summed E-state index contributed by atoms with van der Waals surface area (Å²) in [6.07, 6.45) is 3.63. The van der Waals surface area contributed by atoms with E-state index in [4.69, 9.17) is 0 Å². The summed E-state index contributed by atoms with van der Waals surface area (Å²) in [6, 6.07) is 9.28. The number of likely N-dealkylation sites (tertiary alicyclic amines) is 1. The van der Waals surface area contributed by atoms with Crippen molar-refractivity contribution >= 4 is 5.96 Å². The third-order valence-corrected chi connectivity index (χ3v) is 4.64. The number of nitrogens with zero attached hydrogens (tertiary/aromatic N) is 3. The van der Waals surface area contributed by atoms with Crippen molar-refractivity contribution in [2.24, 2.45) is 4.99 Å². The summed E-state index contributed by atoms with van der Waals surface area (Å²) >= 11 is 0. The molecule has 1 saturated heterocycles. The molecule has 5 nitrogen and oxygen atoms in total. The molecule has 1 aliphatic heterocycles. The van der Waals surface area contributed by atoms with E-state index in [-0.39, 0.29) is 0 Å². The van der Waals surface area contributed by atoms with Crippen LogP contribution in [0.5, 0.6) is 0 Å². The number of piperidine rings is 1. The molecule has 0 saturated carbocycles. The molecule has 1 aromatic carbocycles. The van der Waals surface area contributed by atoms with Crippen molar-refractivity contribution in [3.05, 3.63) is 35.4 Å². The second kappa shape index (κ2) is 10.4. The molecule has 0 aliphatic carbocycles. The van der Waals surface area contributed by atoms with Gasteiger partial charge in [0.15, 0.2) is 5.96 Å². The van der Waals surface area contributed by atoms with Gasteiger partial charge in [-0.25, -0.2) is 0 Å². The van der Waals surface area contributed by atoms with Crippen molar-refractivity contribution < 1.29 is 0 Å². The molecular weight excluding hydrogens is 310 g/mol. The molecule has 0 spiro atoms. The summed E-state index contributed by atoms with van der Waals surface area (Å²) < 4.78 is 0. The van der Waals surface area contributed by atoms with Gasteiger partial charge in [-0.05, 0) is 51.0 Å². The Balaban J connectivity index is 1.79. The van der Waals surface area contributed by atoms with Gasteiger partial charge in [-0.3, -0.25) is 4.99 Å². The maximum atomic E-state index is 4.40. The fraction of sp³-hybridized carbons (Fsp3) is 0.650. The van der Waals surface area contributed by atoms with Gasteiger partial charge >= 0.3 is 0 Å². The first-order valence-electron chi connectivity index (χ1n) is 9.52. The molecule has 2 rings (SSSR count). The van der Waals surface area contributed by atoms with Crippen molar-refractivity contribution in [2.75, 3.05) is 40.8 Å². The maximum Gasteiger partial charge on any atom is 0.191 e. The van der Waals surface area contributed by atoms with Crippen molar-refractivity contribution in [2.45, 2.75) is 45.3 Å². The highest BCUT2D eigenvalue weighted by Crippen LogP contribution is 2.11. The van der Waals surface area contributed by atoms with Crippen LogP contribution in [0, 0.1) is 0 Å². The molecule has 0 bridgehead atoms. The Bertz CT molecular complexity index is 533. The third kappa shape index (κ3) is 7.04. The van der Waals surface area contributed by atoms with Gasteiger partial charge in [0, 0.05) is 39.3 Å². The topological polar surface area (TPSA) is 42.9 Å². The van der Waals surface area contributed by atoms with Gasteiger partial charge < -0.3 is 20.4 Å². The monoisotopic (exact) mass is 345 g/mol. The van der Waals surface area contributed by atoms with E-state index in [1.165, 1.54) is 50.0 Å². The highest BCUT2D eigenvalue weighted by atomic mass is 15.2. The molecule has 140 valence electrons. The number of hydrogen-bond acceptors (Lipinski definition) is 3. The van der Waals surface area contributed by atoms with Gasteiger partial charge in [0.05, 0.1) is 0 Å². The summed E-state index contributed by atoms with van der Waals surface area (Å²) in [6.45, 7) is 7.63. The van der Waals surface area contributed by atoms with E-state index >= 15 is 0 Å². The molecule has 1 aliphatic rings. The van der Waals surface area contributed by atoms with Crippen molar-refractivity contribution in [1.29, 1.82) is 0 Å². The van der Waals surface area contributed by atoms with Crippen LogP contribution in [0.2, 0.25) is 0 Å². The molecule has 5 heteroatoms. The minimum Gasteiger partial charge on any atom is -0.354 e. The zero-order valence-electron chi connectivity index (χ0n) is 16.4. The van der Waals surface area contributed by atoms with Gasteiger partial charge in [0.25, 0.3) is 0 Å². The van der Waals surface area contributed by atoms with E-state index in [1.807, 2.05) is 7.05 Å². The Hall–Kier alpha value is -1.59. The zero-order valence-corrected chi connectivity index (χ0v) is 16.4. The Kier molecular flexibility index (Phi) is 8.22. The predicted octanol–water partition coefficient (Wildman–Crippen LogP) is 2.29. The van der Waals surface area contributed by atoms with Gasteiger partial charge in [0.2, 0.25) is 0 Å². The Morgan fingerprint density at radius 3 is 2.60 bits per heavy atom. The van der Waals surface area contributed by atoms with Crippen molar-refractivity contribution in [3.8, 4) is 0 Å². The smallest absolute Gasteiger partial charge is 0.191 e. The number of hydrogen-bond donors (Lipinski definition) is 2. The lowest BCUT2D eigenvalue weighted by Crippen LogP contribution is -2.48. The first-order chi connectivity index (χ1) is 12.1. The van der Waals surface area contributed by atoms with E-state index in [0.29, 0.717) is 6.04 Å².